The molecule has 31 heavy (non-hydrogen) atoms. The van der Waals surface area contributed by atoms with Gasteiger partial charge in [0.1, 0.15) is 11.3 Å². The van der Waals surface area contributed by atoms with E-state index in [1.165, 1.54) is 13.2 Å². The molecule has 0 unspecified atom stereocenters. The molecule has 0 aromatic heterocycles. The lowest BCUT2D eigenvalue weighted by Crippen LogP contribution is -2.46. The number of phenols is 1. The standard InChI is InChI=1S/C18H28N2O4.C2HF3O2/c1-4-5-6-7-16(22)20-14-12-13(8-9-15(14)21)10-11-18(2,19)17(23)24-3;3-2(4,5)1(6)7/h8-9,12,21H,4-7,10-11,19H2,1-3H3,(H,20,22);(H,6,7)/t18-;/m1./s1. The number of carbonyl (C=O) groups is 3. The zero-order chi connectivity index (χ0) is 24.2. The highest BCUT2D eigenvalue weighted by atomic mass is 19.4. The second-order valence-electron chi connectivity index (χ2n) is 7.07. The van der Waals surface area contributed by atoms with E-state index in [2.05, 4.69) is 17.0 Å². The van der Waals surface area contributed by atoms with Gasteiger partial charge < -0.3 is 26.0 Å². The van der Waals surface area contributed by atoms with Crippen molar-refractivity contribution in [1.82, 2.24) is 0 Å². The highest BCUT2D eigenvalue weighted by Gasteiger charge is 2.38. The lowest BCUT2D eigenvalue weighted by Gasteiger charge is -2.21. The molecule has 0 aliphatic carbocycles. The van der Waals surface area contributed by atoms with Gasteiger partial charge in [-0.1, -0.05) is 25.8 Å². The van der Waals surface area contributed by atoms with Crippen LogP contribution in [0.3, 0.4) is 0 Å². The fourth-order valence-electron chi connectivity index (χ4n) is 2.33. The number of nitrogens with two attached hydrogens (primary N) is 1. The third-order valence-corrected chi connectivity index (χ3v) is 4.17. The average Bonchev–Trinajstić information content (AvgIpc) is 2.67. The second kappa shape index (κ2) is 12.8. The van der Waals surface area contributed by atoms with Gasteiger partial charge in [-0.3, -0.25) is 9.59 Å². The van der Waals surface area contributed by atoms with Crippen LogP contribution in [0.4, 0.5) is 18.9 Å². The number of anilines is 1. The molecule has 0 spiro atoms. The van der Waals surface area contributed by atoms with Crippen LogP contribution in [0.1, 0.15) is 51.5 Å². The van der Waals surface area contributed by atoms with E-state index in [1.54, 1.807) is 19.1 Å². The first-order valence-corrected chi connectivity index (χ1v) is 9.53. The maximum absolute atomic E-state index is 11.9. The molecule has 0 aliphatic heterocycles. The summed E-state index contributed by atoms with van der Waals surface area (Å²) < 4.78 is 36.4. The van der Waals surface area contributed by atoms with Gasteiger partial charge in [0.25, 0.3) is 0 Å². The molecule has 11 heteroatoms. The fourth-order valence-corrected chi connectivity index (χ4v) is 2.33. The van der Waals surface area contributed by atoms with Crippen LogP contribution in [0.5, 0.6) is 5.75 Å². The van der Waals surface area contributed by atoms with Gasteiger partial charge in [0.05, 0.1) is 12.8 Å². The van der Waals surface area contributed by atoms with Crippen LogP contribution in [0.25, 0.3) is 0 Å². The van der Waals surface area contributed by atoms with Crippen molar-refractivity contribution in [3.8, 4) is 5.75 Å². The topological polar surface area (TPSA) is 139 Å². The monoisotopic (exact) mass is 450 g/mol. The molecule has 0 saturated carbocycles. The van der Waals surface area contributed by atoms with Gasteiger partial charge >= 0.3 is 18.1 Å². The van der Waals surface area contributed by atoms with E-state index in [-0.39, 0.29) is 11.7 Å². The van der Waals surface area contributed by atoms with E-state index in [9.17, 15) is 27.9 Å². The third-order valence-electron chi connectivity index (χ3n) is 4.17. The van der Waals surface area contributed by atoms with Crippen LogP contribution < -0.4 is 11.1 Å². The number of esters is 1. The molecule has 1 aromatic carbocycles. The molecule has 8 nitrogen and oxygen atoms in total. The maximum Gasteiger partial charge on any atom is 0.490 e. The van der Waals surface area contributed by atoms with Crippen LogP contribution in [-0.4, -0.2) is 46.9 Å². The summed E-state index contributed by atoms with van der Waals surface area (Å²) in [7, 11) is 1.31. The fraction of sp³-hybridized carbons (Fsp3) is 0.550. The highest BCUT2D eigenvalue weighted by molar-refractivity contribution is 5.92. The number of hydrogen-bond donors (Lipinski definition) is 4. The number of aromatic hydroxyl groups is 1. The van der Waals surface area contributed by atoms with Crippen molar-refractivity contribution in [2.75, 3.05) is 12.4 Å². The molecule has 1 atom stereocenters. The molecule has 0 fully saturated rings. The van der Waals surface area contributed by atoms with E-state index in [1.807, 2.05) is 0 Å². The number of phenolic OH excluding ortho intramolecular Hbond substituents is 1. The minimum Gasteiger partial charge on any atom is -0.506 e. The van der Waals surface area contributed by atoms with Crippen molar-refractivity contribution >= 4 is 23.5 Å². The smallest absolute Gasteiger partial charge is 0.490 e. The Kier molecular flexibility index (Phi) is 11.6. The number of aliphatic carboxylic acids is 1. The lowest BCUT2D eigenvalue weighted by atomic mass is 9.94. The molecule has 0 radical (unpaired) electrons. The lowest BCUT2D eigenvalue weighted by molar-refractivity contribution is -0.192. The van der Waals surface area contributed by atoms with Crippen molar-refractivity contribution in [3.05, 3.63) is 23.8 Å². The summed E-state index contributed by atoms with van der Waals surface area (Å²) in [5.41, 5.74) is 6.12. The average molecular weight is 450 g/mol. The van der Waals surface area contributed by atoms with Crippen LogP contribution in [0.15, 0.2) is 18.2 Å². The summed E-state index contributed by atoms with van der Waals surface area (Å²) >= 11 is 0. The van der Waals surface area contributed by atoms with E-state index < -0.39 is 23.7 Å². The number of methoxy groups -OCH3 is 1. The number of unbranched alkanes of at least 4 members (excludes halogenated alkanes) is 2. The summed E-state index contributed by atoms with van der Waals surface area (Å²) in [6, 6.07) is 4.98. The van der Waals surface area contributed by atoms with Crippen molar-refractivity contribution in [2.24, 2.45) is 5.73 Å². The zero-order valence-electron chi connectivity index (χ0n) is 17.7. The summed E-state index contributed by atoms with van der Waals surface area (Å²) in [6.07, 6.45) is -0.850. The number of halogens is 3. The number of carboxylic acids is 1. The first-order chi connectivity index (χ1) is 14.2. The van der Waals surface area contributed by atoms with Gasteiger partial charge in [0, 0.05) is 6.42 Å². The van der Waals surface area contributed by atoms with Crippen LogP contribution in [0.2, 0.25) is 0 Å². The molecule has 0 saturated heterocycles. The number of ether oxygens (including phenoxy) is 1. The first kappa shape index (κ1) is 28.2. The summed E-state index contributed by atoms with van der Waals surface area (Å²) in [6.45, 7) is 3.70. The highest BCUT2D eigenvalue weighted by Crippen LogP contribution is 2.26. The number of hydrogen-bond acceptors (Lipinski definition) is 6. The Hall–Kier alpha value is -2.82. The summed E-state index contributed by atoms with van der Waals surface area (Å²) in [4.78, 5) is 32.4. The van der Waals surface area contributed by atoms with Gasteiger partial charge in [-0.2, -0.15) is 13.2 Å². The van der Waals surface area contributed by atoms with Crippen LogP contribution in [-0.2, 0) is 25.5 Å². The Balaban J connectivity index is 0.00000110. The van der Waals surface area contributed by atoms with E-state index in [0.717, 1.165) is 24.8 Å². The number of alkyl halides is 3. The van der Waals surface area contributed by atoms with Crippen molar-refractivity contribution < 1.29 is 42.5 Å². The summed E-state index contributed by atoms with van der Waals surface area (Å²) in [5, 5.41) is 19.8. The Labute approximate surface area is 178 Å². The normalized spacial score (nSPS) is 12.7. The van der Waals surface area contributed by atoms with E-state index in [4.69, 9.17) is 15.6 Å². The molecule has 0 aliphatic rings. The number of carboxylic acid groups (broad SMARTS) is 1. The molecule has 1 aromatic rings. The van der Waals surface area contributed by atoms with Gasteiger partial charge in [-0.05, 0) is 43.9 Å². The Morgan fingerprint density at radius 1 is 1.19 bits per heavy atom. The minimum atomic E-state index is -5.08. The first-order valence-electron chi connectivity index (χ1n) is 9.53. The molecule has 176 valence electrons. The molecular weight excluding hydrogens is 421 g/mol. The minimum absolute atomic E-state index is 0.0195. The number of aryl methyl sites for hydroxylation is 1. The predicted molar refractivity (Wildman–Crippen MR) is 107 cm³/mol. The Morgan fingerprint density at radius 3 is 2.26 bits per heavy atom. The molecule has 0 bridgehead atoms. The van der Waals surface area contributed by atoms with Gasteiger partial charge in [0.2, 0.25) is 5.91 Å². The summed E-state index contributed by atoms with van der Waals surface area (Å²) in [5.74, 6) is -3.32. The number of amides is 1. The largest absolute Gasteiger partial charge is 0.506 e. The molecule has 0 heterocycles. The number of benzene rings is 1. The van der Waals surface area contributed by atoms with Crippen molar-refractivity contribution in [1.29, 1.82) is 0 Å². The van der Waals surface area contributed by atoms with E-state index in [0.29, 0.717) is 24.9 Å². The second-order valence-corrected chi connectivity index (χ2v) is 7.07. The van der Waals surface area contributed by atoms with Gasteiger partial charge in [0.15, 0.2) is 0 Å². The number of nitrogens with one attached hydrogen (secondary N) is 1. The maximum atomic E-state index is 11.9. The molecule has 5 N–H and O–H groups in total. The van der Waals surface area contributed by atoms with Crippen LogP contribution in [0, 0.1) is 0 Å². The number of rotatable bonds is 9. The zero-order valence-corrected chi connectivity index (χ0v) is 17.7. The molecule has 1 rings (SSSR count). The third kappa shape index (κ3) is 11.2. The van der Waals surface area contributed by atoms with E-state index >= 15 is 0 Å². The Morgan fingerprint density at radius 2 is 1.77 bits per heavy atom. The van der Waals surface area contributed by atoms with Crippen molar-refractivity contribution in [2.45, 2.75) is 64.1 Å². The van der Waals surface area contributed by atoms with Crippen molar-refractivity contribution in [3.63, 3.8) is 0 Å². The quantitative estimate of drug-likeness (QED) is 0.257. The van der Waals surface area contributed by atoms with Gasteiger partial charge in [-0.25, -0.2) is 4.79 Å². The predicted octanol–water partition coefficient (Wildman–Crippen LogP) is 3.37. The van der Waals surface area contributed by atoms with Crippen LogP contribution >= 0.6 is 0 Å². The number of carbonyl (C=O) groups excluding carboxylic acids is 2. The Bertz CT molecular complexity index is 751. The molecule has 1 amide bonds. The molecular formula is C20H29F3N2O6. The SMILES string of the molecule is CCCCCC(=O)Nc1cc(CC[C@@](C)(N)C(=O)OC)ccc1O.O=C(O)C(F)(F)F. The van der Waals surface area contributed by atoms with Gasteiger partial charge in [-0.15, -0.1) is 0 Å².